The molecule has 4 heterocycles. The van der Waals surface area contributed by atoms with Crippen molar-refractivity contribution >= 4 is 23.1 Å². The number of aromatic nitrogens is 4. The van der Waals surface area contributed by atoms with Crippen molar-refractivity contribution in [1.29, 1.82) is 0 Å². The van der Waals surface area contributed by atoms with Crippen LogP contribution >= 0.6 is 0 Å². The summed E-state index contributed by atoms with van der Waals surface area (Å²) in [5.41, 5.74) is 1.03. The highest BCUT2D eigenvalue weighted by atomic mass is 19.1. The molecule has 3 aromatic heterocycles. The number of hydrogen-bond acceptors (Lipinski definition) is 6. The summed E-state index contributed by atoms with van der Waals surface area (Å²) in [6.45, 7) is 2.94. The number of carbonyl (C=O) groups is 1. The molecule has 1 fully saturated rings. The van der Waals surface area contributed by atoms with Gasteiger partial charge in [0.2, 0.25) is 5.88 Å². The number of methoxy groups -OCH3 is 1. The van der Waals surface area contributed by atoms with Crippen molar-refractivity contribution in [2.24, 2.45) is 5.41 Å². The molecule has 1 N–H and O–H groups in total. The minimum Gasteiger partial charge on any atom is -0.480 e. The van der Waals surface area contributed by atoms with E-state index in [4.69, 9.17) is 9.72 Å². The molecule has 0 bridgehead atoms. The van der Waals surface area contributed by atoms with Gasteiger partial charge in [-0.3, -0.25) is 4.79 Å². The fourth-order valence-corrected chi connectivity index (χ4v) is 4.83. The smallest absolute Gasteiger partial charge is 0.261 e. The van der Waals surface area contributed by atoms with E-state index in [1.807, 2.05) is 18.3 Å². The molecule has 1 aliphatic heterocycles. The molecule has 3 aromatic rings. The highest BCUT2D eigenvalue weighted by molar-refractivity contribution is 6.07. The minimum absolute atomic E-state index is 0.128. The van der Waals surface area contributed by atoms with Crippen molar-refractivity contribution in [3.05, 3.63) is 66.4 Å². The van der Waals surface area contributed by atoms with Crippen LogP contribution in [0, 0.1) is 5.41 Å². The fraction of sp³-hybridized carbons (Fsp3) is 0.333. The molecule has 9 heteroatoms. The van der Waals surface area contributed by atoms with E-state index >= 15 is 0 Å². The quantitative estimate of drug-likeness (QED) is 0.631. The first kappa shape index (κ1) is 21.1. The summed E-state index contributed by atoms with van der Waals surface area (Å²) in [5, 5.41) is 7.18. The second kappa shape index (κ2) is 8.31. The van der Waals surface area contributed by atoms with Gasteiger partial charge in [0.15, 0.2) is 5.65 Å². The molecule has 5 rings (SSSR count). The van der Waals surface area contributed by atoms with E-state index in [0.29, 0.717) is 16.9 Å². The number of hydrogen-bond donors (Lipinski definition) is 1. The lowest BCUT2D eigenvalue weighted by Crippen LogP contribution is -2.42. The van der Waals surface area contributed by atoms with Crippen LogP contribution in [0.2, 0.25) is 0 Å². The van der Waals surface area contributed by atoms with Crippen molar-refractivity contribution < 1.29 is 13.9 Å². The molecule has 1 amide bonds. The van der Waals surface area contributed by atoms with E-state index in [0.717, 1.165) is 31.6 Å². The Kier molecular flexibility index (Phi) is 5.32. The standard InChI is InChI=1S/C24H25FN6O2/c1-24(10-3-6-16(25)14-24)19-8-5-12-30(19)20-9-13-31-21(29-20)18(15-27-31)28-22(32)17-7-4-11-26-23(17)33-2/h3-4,6-7,9,11,13-15,19H,5,8,10,12H2,1-2H3,(H,28,32)/t19-,24?/m1/s1. The number of halogens is 1. The first-order chi connectivity index (χ1) is 16.0. The summed E-state index contributed by atoms with van der Waals surface area (Å²) >= 11 is 0. The van der Waals surface area contributed by atoms with Gasteiger partial charge in [0, 0.05) is 30.4 Å². The SMILES string of the molecule is COc1ncccc1C(=O)Nc1cnn2ccc(N3CCC[C@@H]3C3(C)C=C(F)C=CC3)nc12. The second-order valence-electron chi connectivity index (χ2n) is 8.62. The normalized spacial score (nSPS) is 22.5. The van der Waals surface area contributed by atoms with Gasteiger partial charge >= 0.3 is 0 Å². The zero-order valence-electron chi connectivity index (χ0n) is 18.5. The van der Waals surface area contributed by atoms with Crippen LogP contribution in [-0.4, -0.2) is 45.2 Å². The third kappa shape index (κ3) is 3.83. The third-order valence-electron chi connectivity index (χ3n) is 6.42. The first-order valence-corrected chi connectivity index (χ1v) is 10.9. The number of pyridine rings is 1. The predicted octanol–water partition coefficient (Wildman–Crippen LogP) is 4.17. The number of allylic oxidation sites excluding steroid dienone is 3. The van der Waals surface area contributed by atoms with Gasteiger partial charge in [-0.25, -0.2) is 18.9 Å². The summed E-state index contributed by atoms with van der Waals surface area (Å²) in [4.78, 5) is 24.0. The molecule has 1 unspecified atom stereocenters. The number of amides is 1. The van der Waals surface area contributed by atoms with E-state index in [1.165, 1.54) is 13.2 Å². The van der Waals surface area contributed by atoms with Gasteiger partial charge in [-0.1, -0.05) is 13.0 Å². The van der Waals surface area contributed by atoms with E-state index in [9.17, 15) is 9.18 Å². The largest absolute Gasteiger partial charge is 0.480 e. The molecule has 0 aromatic carbocycles. The van der Waals surface area contributed by atoms with Gasteiger partial charge in [-0.15, -0.1) is 0 Å². The Balaban J connectivity index is 1.45. The first-order valence-electron chi connectivity index (χ1n) is 10.9. The van der Waals surface area contributed by atoms with Crippen molar-refractivity contribution in [2.45, 2.75) is 32.2 Å². The van der Waals surface area contributed by atoms with Gasteiger partial charge in [-0.05, 0) is 49.6 Å². The summed E-state index contributed by atoms with van der Waals surface area (Å²) in [6.07, 6.45) is 12.9. The van der Waals surface area contributed by atoms with Crippen LogP contribution in [0.4, 0.5) is 15.9 Å². The van der Waals surface area contributed by atoms with Crippen LogP contribution < -0.4 is 15.0 Å². The molecule has 0 radical (unpaired) electrons. The second-order valence-corrected chi connectivity index (χ2v) is 8.62. The Labute approximate surface area is 190 Å². The van der Waals surface area contributed by atoms with Gasteiger partial charge in [-0.2, -0.15) is 5.10 Å². The molecule has 0 spiro atoms. The number of carbonyl (C=O) groups excluding carboxylic acids is 1. The number of rotatable bonds is 5. The molecule has 1 aliphatic carbocycles. The van der Waals surface area contributed by atoms with E-state index < -0.39 is 0 Å². The maximum Gasteiger partial charge on any atom is 0.261 e. The lowest BCUT2D eigenvalue weighted by molar-refractivity contribution is 0.102. The Morgan fingerprint density at radius 3 is 3.06 bits per heavy atom. The van der Waals surface area contributed by atoms with E-state index in [2.05, 4.69) is 27.2 Å². The predicted molar refractivity (Wildman–Crippen MR) is 123 cm³/mol. The maximum atomic E-state index is 14.1. The molecule has 8 nitrogen and oxygen atoms in total. The van der Waals surface area contributed by atoms with Crippen LogP contribution in [0.25, 0.3) is 5.65 Å². The monoisotopic (exact) mass is 448 g/mol. The van der Waals surface area contributed by atoms with Crippen molar-refractivity contribution in [1.82, 2.24) is 19.6 Å². The number of fused-ring (bicyclic) bond motifs is 1. The van der Waals surface area contributed by atoms with Crippen LogP contribution in [0.5, 0.6) is 5.88 Å². The van der Waals surface area contributed by atoms with Crippen molar-refractivity contribution in [3.8, 4) is 5.88 Å². The van der Waals surface area contributed by atoms with Gasteiger partial charge < -0.3 is 15.0 Å². The van der Waals surface area contributed by atoms with Crippen LogP contribution in [0.15, 0.2) is 60.8 Å². The van der Waals surface area contributed by atoms with Gasteiger partial charge in [0.25, 0.3) is 5.91 Å². The lowest BCUT2D eigenvalue weighted by Gasteiger charge is -2.39. The Hall–Kier alpha value is -3.75. The molecular formula is C24H25FN6O2. The minimum atomic E-state index is -0.358. The van der Waals surface area contributed by atoms with E-state index in [1.54, 1.807) is 35.1 Å². The molecule has 1 saturated heterocycles. The topological polar surface area (TPSA) is 84.6 Å². The Bertz CT molecular complexity index is 1270. The zero-order chi connectivity index (χ0) is 23.0. The van der Waals surface area contributed by atoms with Crippen molar-refractivity contribution in [3.63, 3.8) is 0 Å². The molecule has 33 heavy (non-hydrogen) atoms. The van der Waals surface area contributed by atoms with Crippen LogP contribution in [0.3, 0.4) is 0 Å². The fourth-order valence-electron chi connectivity index (χ4n) is 4.83. The molecule has 2 atom stereocenters. The van der Waals surface area contributed by atoms with Gasteiger partial charge in [0.1, 0.15) is 22.9 Å². The molecule has 0 saturated carbocycles. The summed E-state index contributed by atoms with van der Waals surface area (Å²) in [6, 6.07) is 5.36. The molecular weight excluding hydrogens is 423 g/mol. The molecule has 170 valence electrons. The number of nitrogens with one attached hydrogen (secondary N) is 1. The number of ether oxygens (including phenoxy) is 1. The zero-order valence-corrected chi connectivity index (χ0v) is 18.5. The highest BCUT2D eigenvalue weighted by Crippen LogP contribution is 2.42. The van der Waals surface area contributed by atoms with Crippen molar-refractivity contribution in [2.75, 3.05) is 23.9 Å². The third-order valence-corrected chi connectivity index (χ3v) is 6.42. The average Bonchev–Trinajstić information content (AvgIpc) is 3.46. The summed E-state index contributed by atoms with van der Waals surface area (Å²) < 4.78 is 20.9. The van der Waals surface area contributed by atoms with E-state index in [-0.39, 0.29) is 29.1 Å². The van der Waals surface area contributed by atoms with Crippen LogP contribution in [-0.2, 0) is 0 Å². The number of nitrogens with zero attached hydrogens (tertiary/aromatic N) is 5. The average molecular weight is 449 g/mol. The highest BCUT2D eigenvalue weighted by Gasteiger charge is 2.40. The van der Waals surface area contributed by atoms with Crippen LogP contribution in [0.1, 0.15) is 36.5 Å². The Morgan fingerprint density at radius 2 is 2.24 bits per heavy atom. The summed E-state index contributed by atoms with van der Waals surface area (Å²) in [5.74, 6) is 0.480. The Morgan fingerprint density at radius 1 is 1.36 bits per heavy atom. The lowest BCUT2D eigenvalue weighted by atomic mass is 9.75. The number of anilines is 2. The van der Waals surface area contributed by atoms with Gasteiger partial charge in [0.05, 0.1) is 13.3 Å². The molecule has 2 aliphatic rings. The maximum absolute atomic E-state index is 14.1. The summed E-state index contributed by atoms with van der Waals surface area (Å²) in [7, 11) is 1.47.